The van der Waals surface area contributed by atoms with E-state index in [-0.39, 0.29) is 12.5 Å². The number of carbonyl (C=O) groups excluding carboxylic acids is 1. The molecule has 0 aliphatic heterocycles. The fourth-order valence-electron chi connectivity index (χ4n) is 2.27. The number of aliphatic imine (C=N–C) groups is 1. The van der Waals surface area contributed by atoms with E-state index < -0.39 is 0 Å². The topological polar surface area (TPSA) is 66.0 Å². The van der Waals surface area contributed by atoms with E-state index in [0.717, 1.165) is 17.7 Å². The fourth-order valence-corrected chi connectivity index (χ4v) is 2.92. The molecule has 0 spiro atoms. The van der Waals surface area contributed by atoms with Crippen molar-refractivity contribution in [1.82, 2.24) is 15.5 Å². The fraction of sp³-hybridized carbons (Fsp3) is 0.368. The number of amides is 1. The lowest BCUT2D eigenvalue weighted by Gasteiger charge is -2.14. The Labute approximate surface area is 158 Å². The van der Waals surface area contributed by atoms with Crippen LogP contribution in [0.2, 0.25) is 0 Å². The molecule has 6 nitrogen and oxygen atoms in total. The summed E-state index contributed by atoms with van der Waals surface area (Å²) >= 11 is 1.68. The molecule has 1 heterocycles. The summed E-state index contributed by atoms with van der Waals surface area (Å²) in [6.45, 7) is 1.47. The molecular formula is C19H26N4O2S. The number of rotatable bonds is 8. The lowest BCUT2D eigenvalue weighted by molar-refractivity contribution is -0.127. The monoisotopic (exact) mass is 374 g/mol. The van der Waals surface area contributed by atoms with Crippen LogP contribution in [0.5, 0.6) is 5.75 Å². The molecule has 2 aromatic rings. The minimum absolute atomic E-state index is 0.0352. The Morgan fingerprint density at radius 3 is 2.69 bits per heavy atom. The zero-order chi connectivity index (χ0) is 18.8. The smallest absolute Gasteiger partial charge is 0.243 e. The van der Waals surface area contributed by atoms with Crippen molar-refractivity contribution >= 4 is 23.2 Å². The summed E-state index contributed by atoms with van der Waals surface area (Å²) in [5.41, 5.74) is 1.13. The molecule has 1 aromatic heterocycles. The molecule has 0 radical (unpaired) electrons. The molecular weight excluding hydrogens is 348 g/mol. The number of methoxy groups -OCH3 is 1. The van der Waals surface area contributed by atoms with Crippen LogP contribution in [-0.4, -0.2) is 51.1 Å². The number of benzene rings is 1. The lowest BCUT2D eigenvalue weighted by atomic mass is 10.1. The van der Waals surface area contributed by atoms with Gasteiger partial charge in [0, 0.05) is 25.5 Å². The molecule has 0 saturated heterocycles. The van der Waals surface area contributed by atoms with E-state index in [1.807, 2.05) is 35.7 Å². The van der Waals surface area contributed by atoms with Crippen LogP contribution in [0.15, 0.2) is 46.8 Å². The zero-order valence-electron chi connectivity index (χ0n) is 15.5. The van der Waals surface area contributed by atoms with Gasteiger partial charge in [-0.05, 0) is 29.5 Å². The van der Waals surface area contributed by atoms with Crippen LogP contribution in [0.25, 0.3) is 0 Å². The molecule has 0 aliphatic rings. The maximum absolute atomic E-state index is 11.8. The second-order valence-corrected chi connectivity index (χ2v) is 6.91. The first-order valence-electron chi connectivity index (χ1n) is 8.46. The molecule has 1 aromatic carbocycles. The van der Waals surface area contributed by atoms with E-state index in [1.54, 1.807) is 32.5 Å². The predicted molar refractivity (Wildman–Crippen MR) is 107 cm³/mol. The third-order valence-electron chi connectivity index (χ3n) is 3.76. The van der Waals surface area contributed by atoms with E-state index >= 15 is 0 Å². The minimum atomic E-state index is -0.0352. The van der Waals surface area contributed by atoms with Crippen LogP contribution >= 0.6 is 11.3 Å². The van der Waals surface area contributed by atoms with Gasteiger partial charge in [0.15, 0.2) is 5.96 Å². The Balaban J connectivity index is 1.93. The Morgan fingerprint density at radius 2 is 2.00 bits per heavy atom. The Morgan fingerprint density at radius 1 is 1.19 bits per heavy atom. The second kappa shape index (κ2) is 10.5. The molecule has 26 heavy (non-hydrogen) atoms. The number of thiophene rings is 1. The first-order valence-corrected chi connectivity index (χ1v) is 9.34. The Bertz CT molecular complexity index is 714. The molecule has 0 unspecified atom stereocenters. The molecule has 1 amide bonds. The van der Waals surface area contributed by atoms with Crippen molar-refractivity contribution in [3.63, 3.8) is 0 Å². The summed E-state index contributed by atoms with van der Waals surface area (Å²) in [5, 5.41) is 8.61. The second-order valence-electron chi connectivity index (χ2n) is 5.87. The molecule has 7 heteroatoms. The molecule has 0 fully saturated rings. The predicted octanol–water partition coefficient (Wildman–Crippen LogP) is 2.12. The van der Waals surface area contributed by atoms with Crippen molar-refractivity contribution in [2.75, 3.05) is 34.3 Å². The Kier molecular flexibility index (Phi) is 7.95. The van der Waals surface area contributed by atoms with Crippen molar-refractivity contribution in [1.29, 1.82) is 0 Å². The van der Waals surface area contributed by atoms with E-state index in [2.05, 4.69) is 21.7 Å². The van der Waals surface area contributed by atoms with Crippen molar-refractivity contribution in [3.8, 4) is 5.75 Å². The normalized spacial score (nSPS) is 11.1. The number of nitrogens with zero attached hydrogens (tertiary/aromatic N) is 2. The maximum atomic E-state index is 11.8. The van der Waals surface area contributed by atoms with E-state index in [4.69, 9.17) is 4.74 Å². The minimum Gasteiger partial charge on any atom is -0.496 e. The number of guanidine groups is 1. The first kappa shape index (κ1) is 19.8. The molecule has 0 bridgehead atoms. The quantitative estimate of drug-likeness (QED) is 0.549. The van der Waals surface area contributed by atoms with Crippen LogP contribution in [0.4, 0.5) is 0 Å². The van der Waals surface area contributed by atoms with Gasteiger partial charge < -0.3 is 20.3 Å². The van der Waals surface area contributed by atoms with Crippen LogP contribution in [0, 0.1) is 0 Å². The summed E-state index contributed by atoms with van der Waals surface area (Å²) < 4.78 is 5.38. The van der Waals surface area contributed by atoms with Crippen molar-refractivity contribution in [2.45, 2.75) is 13.0 Å². The van der Waals surface area contributed by atoms with Crippen LogP contribution < -0.4 is 15.4 Å². The van der Waals surface area contributed by atoms with Gasteiger partial charge in [-0.1, -0.05) is 24.3 Å². The largest absolute Gasteiger partial charge is 0.496 e. The van der Waals surface area contributed by atoms with Gasteiger partial charge >= 0.3 is 0 Å². The molecule has 0 saturated carbocycles. The molecule has 0 atom stereocenters. The van der Waals surface area contributed by atoms with Gasteiger partial charge in [0.25, 0.3) is 0 Å². The molecule has 2 N–H and O–H groups in total. The SMILES string of the molecule is COc1ccccc1CCNC(=NCC(=O)N(C)C)NCc1cccs1. The van der Waals surface area contributed by atoms with E-state index in [9.17, 15) is 4.79 Å². The standard InChI is InChI=1S/C19H26N4O2S/c1-23(2)18(24)14-22-19(21-13-16-8-6-12-26-16)20-11-10-15-7-4-5-9-17(15)25-3/h4-9,12H,10-11,13-14H2,1-3H3,(H2,20,21,22). The molecule has 140 valence electrons. The summed E-state index contributed by atoms with van der Waals surface area (Å²) in [6, 6.07) is 12.0. The highest BCUT2D eigenvalue weighted by atomic mass is 32.1. The van der Waals surface area contributed by atoms with Crippen LogP contribution in [-0.2, 0) is 17.8 Å². The average molecular weight is 375 g/mol. The van der Waals surface area contributed by atoms with E-state index in [1.165, 1.54) is 9.78 Å². The van der Waals surface area contributed by atoms with Gasteiger partial charge in [0.05, 0.1) is 13.7 Å². The number of ether oxygens (including phenoxy) is 1. The number of hydrogen-bond acceptors (Lipinski definition) is 4. The number of likely N-dealkylation sites (N-methyl/N-ethyl adjacent to an activating group) is 1. The van der Waals surface area contributed by atoms with E-state index in [0.29, 0.717) is 19.0 Å². The summed E-state index contributed by atoms with van der Waals surface area (Å²) in [4.78, 5) is 19.0. The highest BCUT2D eigenvalue weighted by Gasteiger charge is 2.06. The van der Waals surface area contributed by atoms with Gasteiger partial charge in [-0.2, -0.15) is 0 Å². The summed E-state index contributed by atoms with van der Waals surface area (Å²) in [5.74, 6) is 1.47. The average Bonchev–Trinajstić information content (AvgIpc) is 3.17. The number of nitrogens with one attached hydrogen (secondary N) is 2. The molecule has 2 rings (SSSR count). The summed E-state index contributed by atoms with van der Waals surface area (Å²) in [6.07, 6.45) is 0.797. The number of carbonyl (C=O) groups is 1. The van der Waals surface area contributed by atoms with Gasteiger partial charge in [-0.15, -0.1) is 11.3 Å². The van der Waals surface area contributed by atoms with Crippen LogP contribution in [0.3, 0.4) is 0 Å². The maximum Gasteiger partial charge on any atom is 0.243 e. The lowest BCUT2D eigenvalue weighted by Crippen LogP contribution is -2.39. The highest BCUT2D eigenvalue weighted by molar-refractivity contribution is 7.09. The summed E-state index contributed by atoms with van der Waals surface area (Å²) in [7, 11) is 5.13. The van der Waals surface area contributed by atoms with Crippen molar-refractivity contribution < 1.29 is 9.53 Å². The third-order valence-corrected chi connectivity index (χ3v) is 4.64. The first-order chi connectivity index (χ1) is 12.6. The number of hydrogen-bond donors (Lipinski definition) is 2. The highest BCUT2D eigenvalue weighted by Crippen LogP contribution is 2.17. The van der Waals surface area contributed by atoms with Gasteiger partial charge in [0.2, 0.25) is 5.91 Å². The van der Waals surface area contributed by atoms with Gasteiger partial charge in [0.1, 0.15) is 12.3 Å². The number of para-hydroxylation sites is 1. The zero-order valence-corrected chi connectivity index (χ0v) is 16.3. The Hall–Kier alpha value is -2.54. The van der Waals surface area contributed by atoms with Gasteiger partial charge in [-0.25, -0.2) is 4.99 Å². The van der Waals surface area contributed by atoms with Crippen LogP contribution in [0.1, 0.15) is 10.4 Å². The van der Waals surface area contributed by atoms with Crippen molar-refractivity contribution in [3.05, 3.63) is 52.2 Å². The third kappa shape index (κ3) is 6.40. The van der Waals surface area contributed by atoms with Gasteiger partial charge in [-0.3, -0.25) is 4.79 Å². The van der Waals surface area contributed by atoms with Crippen molar-refractivity contribution in [2.24, 2.45) is 4.99 Å². The molecule has 0 aliphatic carbocycles.